The number of benzene rings is 1. The van der Waals surface area contributed by atoms with Crippen LogP contribution in [-0.4, -0.2) is 32.7 Å². The van der Waals surface area contributed by atoms with E-state index >= 15 is 0 Å². The maximum Gasteiger partial charge on any atom is 0.239 e. The number of hydrogen-bond donors (Lipinski definition) is 2. The Bertz CT molecular complexity index is 378. The summed E-state index contributed by atoms with van der Waals surface area (Å²) in [5.74, 6) is -0.0275. The normalized spacial score (nSPS) is 10.1. The molecule has 0 radical (unpaired) electrons. The predicted molar refractivity (Wildman–Crippen MR) is 69.3 cm³/mol. The lowest BCUT2D eigenvalue weighted by Crippen LogP contribution is -2.32. The maximum atomic E-state index is 11.4. The molecule has 0 atom stereocenters. The highest BCUT2D eigenvalue weighted by Gasteiger charge is 2.01. The van der Waals surface area contributed by atoms with Gasteiger partial charge in [0, 0.05) is 19.3 Å². The van der Waals surface area contributed by atoms with Crippen molar-refractivity contribution in [2.45, 2.75) is 13.8 Å². The fraction of sp³-hybridized carbons (Fsp3) is 0.462. The van der Waals surface area contributed by atoms with Crippen LogP contribution in [0.5, 0.6) is 0 Å². The van der Waals surface area contributed by atoms with Crippen LogP contribution >= 0.6 is 0 Å². The molecule has 1 amide bonds. The third-order valence-corrected chi connectivity index (χ3v) is 2.59. The van der Waals surface area contributed by atoms with Crippen LogP contribution in [0.4, 0.5) is 5.69 Å². The van der Waals surface area contributed by atoms with E-state index in [0.29, 0.717) is 13.2 Å². The average molecular weight is 236 g/mol. The number of ether oxygens (including phenoxy) is 1. The van der Waals surface area contributed by atoms with E-state index in [4.69, 9.17) is 4.74 Å². The molecule has 0 aliphatic rings. The molecular formula is C13H20N2O2. The third kappa shape index (κ3) is 4.87. The molecule has 0 aliphatic carbocycles. The summed E-state index contributed by atoms with van der Waals surface area (Å²) in [5.41, 5.74) is 3.44. The summed E-state index contributed by atoms with van der Waals surface area (Å²) in [4.78, 5) is 11.4. The highest BCUT2D eigenvalue weighted by Crippen LogP contribution is 2.13. The van der Waals surface area contributed by atoms with Crippen molar-refractivity contribution in [3.8, 4) is 0 Å². The van der Waals surface area contributed by atoms with Crippen LogP contribution in [0, 0.1) is 13.8 Å². The standard InChI is InChI=1S/C13H20N2O2/c1-10-4-5-12(8-11(10)2)15-9-13(16)14-6-7-17-3/h4-5,8,15H,6-7,9H2,1-3H3,(H,14,16). The molecule has 1 aromatic carbocycles. The quantitative estimate of drug-likeness (QED) is 0.736. The second-order valence-electron chi connectivity index (χ2n) is 4.00. The van der Waals surface area contributed by atoms with E-state index in [1.54, 1.807) is 7.11 Å². The van der Waals surface area contributed by atoms with Crippen LogP contribution in [0.15, 0.2) is 18.2 Å². The minimum Gasteiger partial charge on any atom is -0.383 e. The smallest absolute Gasteiger partial charge is 0.239 e. The van der Waals surface area contributed by atoms with Crippen LogP contribution in [0.25, 0.3) is 0 Å². The Morgan fingerprint density at radius 3 is 2.71 bits per heavy atom. The van der Waals surface area contributed by atoms with Gasteiger partial charge < -0.3 is 15.4 Å². The Morgan fingerprint density at radius 1 is 1.29 bits per heavy atom. The first-order chi connectivity index (χ1) is 8.13. The molecule has 4 heteroatoms. The molecule has 0 aliphatic heterocycles. The average Bonchev–Trinajstić information content (AvgIpc) is 2.31. The molecule has 0 bridgehead atoms. The topological polar surface area (TPSA) is 50.4 Å². The number of hydrogen-bond acceptors (Lipinski definition) is 3. The second kappa shape index (κ2) is 6.91. The van der Waals surface area contributed by atoms with Crippen molar-refractivity contribution in [2.75, 3.05) is 32.1 Å². The number of anilines is 1. The fourth-order valence-corrected chi connectivity index (χ4v) is 1.39. The van der Waals surface area contributed by atoms with E-state index in [1.807, 2.05) is 18.2 Å². The zero-order valence-electron chi connectivity index (χ0n) is 10.7. The molecule has 2 N–H and O–H groups in total. The zero-order chi connectivity index (χ0) is 12.7. The van der Waals surface area contributed by atoms with Gasteiger partial charge in [0.15, 0.2) is 0 Å². The van der Waals surface area contributed by atoms with Gasteiger partial charge in [0.1, 0.15) is 0 Å². The van der Waals surface area contributed by atoms with Crippen LogP contribution in [-0.2, 0) is 9.53 Å². The Morgan fingerprint density at radius 2 is 2.06 bits per heavy atom. The predicted octanol–water partition coefficient (Wildman–Crippen LogP) is 1.48. The lowest BCUT2D eigenvalue weighted by Gasteiger charge is -2.09. The van der Waals surface area contributed by atoms with Gasteiger partial charge in [-0.25, -0.2) is 0 Å². The SMILES string of the molecule is COCCNC(=O)CNc1ccc(C)c(C)c1. The van der Waals surface area contributed by atoms with Crippen LogP contribution in [0.2, 0.25) is 0 Å². The maximum absolute atomic E-state index is 11.4. The van der Waals surface area contributed by atoms with Crippen LogP contribution in [0.3, 0.4) is 0 Å². The van der Waals surface area contributed by atoms with E-state index in [2.05, 4.69) is 24.5 Å². The molecule has 0 aromatic heterocycles. The Balaban J connectivity index is 2.34. The van der Waals surface area contributed by atoms with Crippen LogP contribution < -0.4 is 10.6 Å². The van der Waals surface area contributed by atoms with Gasteiger partial charge in [-0.3, -0.25) is 4.79 Å². The minimum atomic E-state index is -0.0275. The van der Waals surface area contributed by atoms with Crippen molar-refractivity contribution in [1.29, 1.82) is 0 Å². The highest BCUT2D eigenvalue weighted by molar-refractivity contribution is 5.80. The number of methoxy groups -OCH3 is 1. The molecule has 4 nitrogen and oxygen atoms in total. The van der Waals surface area contributed by atoms with E-state index < -0.39 is 0 Å². The number of carbonyl (C=O) groups excluding carboxylic acids is 1. The van der Waals surface area contributed by atoms with E-state index in [-0.39, 0.29) is 12.5 Å². The first-order valence-electron chi connectivity index (χ1n) is 5.70. The molecule has 0 heterocycles. The van der Waals surface area contributed by atoms with Gasteiger partial charge >= 0.3 is 0 Å². The van der Waals surface area contributed by atoms with Crippen molar-refractivity contribution >= 4 is 11.6 Å². The van der Waals surface area contributed by atoms with E-state index in [0.717, 1.165) is 5.69 Å². The summed E-state index contributed by atoms with van der Waals surface area (Å²) < 4.78 is 4.85. The van der Waals surface area contributed by atoms with Gasteiger partial charge in [0.2, 0.25) is 5.91 Å². The fourth-order valence-electron chi connectivity index (χ4n) is 1.39. The highest BCUT2D eigenvalue weighted by atomic mass is 16.5. The summed E-state index contributed by atoms with van der Waals surface area (Å²) >= 11 is 0. The first-order valence-corrected chi connectivity index (χ1v) is 5.70. The van der Waals surface area contributed by atoms with E-state index in [1.165, 1.54) is 11.1 Å². The van der Waals surface area contributed by atoms with Gasteiger partial charge in [-0.2, -0.15) is 0 Å². The largest absolute Gasteiger partial charge is 0.383 e. The first kappa shape index (κ1) is 13.5. The summed E-state index contributed by atoms with van der Waals surface area (Å²) in [5, 5.41) is 5.84. The number of nitrogens with one attached hydrogen (secondary N) is 2. The molecule has 94 valence electrons. The second-order valence-corrected chi connectivity index (χ2v) is 4.00. The minimum absolute atomic E-state index is 0.0275. The van der Waals surface area contributed by atoms with E-state index in [9.17, 15) is 4.79 Å². The third-order valence-electron chi connectivity index (χ3n) is 2.59. The molecule has 0 spiro atoms. The van der Waals surface area contributed by atoms with Gasteiger partial charge in [-0.05, 0) is 37.1 Å². The number of rotatable bonds is 6. The lowest BCUT2D eigenvalue weighted by atomic mass is 10.1. The number of aryl methyl sites for hydroxylation is 2. The molecule has 0 saturated carbocycles. The van der Waals surface area contributed by atoms with Gasteiger partial charge in [-0.15, -0.1) is 0 Å². The molecular weight excluding hydrogens is 216 g/mol. The lowest BCUT2D eigenvalue weighted by molar-refractivity contribution is -0.119. The summed E-state index contributed by atoms with van der Waals surface area (Å²) in [6.07, 6.45) is 0. The molecule has 17 heavy (non-hydrogen) atoms. The van der Waals surface area contributed by atoms with Gasteiger partial charge in [-0.1, -0.05) is 6.07 Å². The van der Waals surface area contributed by atoms with Crippen LogP contribution in [0.1, 0.15) is 11.1 Å². The van der Waals surface area contributed by atoms with Gasteiger partial charge in [0.25, 0.3) is 0 Å². The van der Waals surface area contributed by atoms with Crippen molar-refractivity contribution < 1.29 is 9.53 Å². The molecule has 1 rings (SSSR count). The Hall–Kier alpha value is -1.55. The van der Waals surface area contributed by atoms with Crippen molar-refractivity contribution in [1.82, 2.24) is 5.32 Å². The summed E-state index contributed by atoms with van der Waals surface area (Å²) in [6, 6.07) is 6.06. The molecule has 0 unspecified atom stereocenters. The van der Waals surface area contributed by atoms with Gasteiger partial charge in [0.05, 0.1) is 13.2 Å². The monoisotopic (exact) mass is 236 g/mol. The van der Waals surface area contributed by atoms with Crippen molar-refractivity contribution in [2.24, 2.45) is 0 Å². The Kier molecular flexibility index (Phi) is 5.49. The summed E-state index contributed by atoms with van der Waals surface area (Å²) in [7, 11) is 1.61. The molecule has 1 aromatic rings. The van der Waals surface area contributed by atoms with Crippen molar-refractivity contribution in [3.63, 3.8) is 0 Å². The number of amides is 1. The summed E-state index contributed by atoms with van der Waals surface area (Å²) in [6.45, 7) is 5.49. The number of carbonyl (C=O) groups is 1. The molecule has 0 saturated heterocycles. The zero-order valence-corrected chi connectivity index (χ0v) is 10.7. The van der Waals surface area contributed by atoms with Crippen molar-refractivity contribution in [3.05, 3.63) is 29.3 Å². The Labute approximate surface area is 102 Å². The molecule has 0 fully saturated rings.